The molecule has 0 fully saturated rings. The molecule has 0 bridgehead atoms. The maximum absolute atomic E-state index is 6.08. The van der Waals surface area contributed by atoms with E-state index >= 15 is 0 Å². The monoisotopic (exact) mass is 376 g/mol. The molecule has 4 rings (SSSR count). The van der Waals surface area contributed by atoms with Crippen LogP contribution in [0.4, 0.5) is 5.69 Å². The van der Waals surface area contributed by atoms with Crippen LogP contribution in [0.5, 0.6) is 5.75 Å². The van der Waals surface area contributed by atoms with E-state index in [2.05, 4.69) is 71.3 Å². The van der Waals surface area contributed by atoms with E-state index in [4.69, 9.17) is 4.74 Å². The molecule has 148 valence electrons. The van der Waals surface area contributed by atoms with Gasteiger partial charge in [0.05, 0.1) is 12.4 Å². The summed E-state index contributed by atoms with van der Waals surface area (Å²) >= 11 is 0. The van der Waals surface area contributed by atoms with Crippen LogP contribution < -0.4 is 9.64 Å². The molecule has 0 N–H and O–H groups in total. The first kappa shape index (κ1) is 18.9. The van der Waals surface area contributed by atoms with Gasteiger partial charge in [-0.05, 0) is 30.7 Å². The Kier molecular flexibility index (Phi) is 6.20. The lowest BCUT2D eigenvalue weighted by molar-refractivity contribution is 0.305. The van der Waals surface area contributed by atoms with Crippen molar-refractivity contribution in [2.24, 2.45) is 0 Å². The third kappa shape index (κ3) is 4.19. The number of nitrogens with zero attached hydrogens (tertiary/aromatic N) is 2. The van der Waals surface area contributed by atoms with Crippen molar-refractivity contribution in [2.45, 2.75) is 45.4 Å². The highest BCUT2D eigenvalue weighted by Crippen LogP contribution is 2.38. The van der Waals surface area contributed by atoms with Crippen molar-refractivity contribution in [3.63, 3.8) is 0 Å². The molecule has 2 aromatic rings. The number of anilines is 1. The van der Waals surface area contributed by atoms with Crippen molar-refractivity contribution >= 4 is 11.4 Å². The Hall–Kier alpha value is -2.42. The number of unbranched alkanes of at least 4 members (excludes halogenated alkanes) is 5. The average molecular weight is 377 g/mol. The van der Waals surface area contributed by atoms with Gasteiger partial charge in [-0.15, -0.1) is 0 Å². The first-order valence-corrected chi connectivity index (χ1v) is 10.9. The Bertz CT molecular complexity index is 799. The minimum Gasteiger partial charge on any atom is -0.488 e. The molecule has 0 unspecified atom stereocenters. The molecule has 2 aromatic carbocycles. The van der Waals surface area contributed by atoms with Crippen molar-refractivity contribution in [1.82, 2.24) is 4.90 Å². The zero-order valence-corrected chi connectivity index (χ0v) is 17.1. The minimum atomic E-state index is 0.697. The van der Waals surface area contributed by atoms with E-state index in [9.17, 15) is 0 Å². The van der Waals surface area contributed by atoms with Gasteiger partial charge in [0.25, 0.3) is 0 Å². The van der Waals surface area contributed by atoms with Crippen molar-refractivity contribution in [1.29, 1.82) is 0 Å². The second-order valence-electron chi connectivity index (χ2n) is 7.94. The smallest absolute Gasteiger partial charge is 0.129 e. The molecule has 2 aliphatic heterocycles. The molecular weight excluding hydrogens is 344 g/mol. The van der Waals surface area contributed by atoms with Crippen LogP contribution >= 0.6 is 0 Å². The third-order valence-electron chi connectivity index (χ3n) is 5.82. The molecule has 3 heteroatoms. The van der Waals surface area contributed by atoms with Crippen LogP contribution in [0.2, 0.25) is 0 Å². The van der Waals surface area contributed by atoms with Gasteiger partial charge in [-0.2, -0.15) is 0 Å². The fourth-order valence-corrected chi connectivity index (χ4v) is 4.36. The molecule has 28 heavy (non-hydrogen) atoms. The molecule has 0 amide bonds. The highest BCUT2D eigenvalue weighted by atomic mass is 16.5. The number of fused-ring (bicyclic) bond motifs is 2. The maximum atomic E-state index is 6.08. The van der Waals surface area contributed by atoms with E-state index in [1.807, 2.05) is 0 Å². The summed E-state index contributed by atoms with van der Waals surface area (Å²) < 4.78 is 6.08. The summed E-state index contributed by atoms with van der Waals surface area (Å²) in [7, 11) is 0. The van der Waals surface area contributed by atoms with Gasteiger partial charge in [0.15, 0.2) is 0 Å². The molecule has 0 saturated heterocycles. The second kappa shape index (κ2) is 9.18. The lowest BCUT2D eigenvalue weighted by Crippen LogP contribution is -2.45. The summed E-state index contributed by atoms with van der Waals surface area (Å²) in [5.74, 6) is 1.03. The van der Waals surface area contributed by atoms with Crippen LogP contribution in [0.25, 0.3) is 5.70 Å². The van der Waals surface area contributed by atoms with Gasteiger partial charge in [-0.3, -0.25) is 0 Å². The third-order valence-corrected chi connectivity index (χ3v) is 5.82. The normalized spacial score (nSPS) is 15.9. The van der Waals surface area contributed by atoms with Gasteiger partial charge in [-0.1, -0.05) is 69.4 Å². The Morgan fingerprint density at radius 3 is 2.46 bits per heavy atom. The number of hydrogen-bond donors (Lipinski definition) is 0. The summed E-state index contributed by atoms with van der Waals surface area (Å²) in [5, 5.41) is 0. The molecule has 2 heterocycles. The highest BCUT2D eigenvalue weighted by Gasteiger charge is 2.30. The van der Waals surface area contributed by atoms with Crippen LogP contribution in [-0.4, -0.2) is 31.3 Å². The average Bonchev–Trinajstić information content (AvgIpc) is 2.76. The topological polar surface area (TPSA) is 15.7 Å². The van der Waals surface area contributed by atoms with Gasteiger partial charge in [0.1, 0.15) is 12.4 Å². The molecule has 0 spiro atoms. The summed E-state index contributed by atoms with van der Waals surface area (Å²) in [6.45, 7) is 5.99. The largest absolute Gasteiger partial charge is 0.488 e. The van der Waals surface area contributed by atoms with E-state index in [0.29, 0.717) is 6.61 Å². The van der Waals surface area contributed by atoms with E-state index in [-0.39, 0.29) is 0 Å². The van der Waals surface area contributed by atoms with Gasteiger partial charge in [0.2, 0.25) is 0 Å². The van der Waals surface area contributed by atoms with Crippen LogP contribution in [0.1, 0.15) is 51.0 Å². The van der Waals surface area contributed by atoms with Gasteiger partial charge in [-0.25, -0.2) is 0 Å². The molecular formula is C25H32N2O. The Labute approximate surface area is 169 Å². The van der Waals surface area contributed by atoms with Gasteiger partial charge >= 0.3 is 0 Å². The summed E-state index contributed by atoms with van der Waals surface area (Å²) in [6.07, 6.45) is 7.98. The number of benzene rings is 2. The van der Waals surface area contributed by atoms with Crippen molar-refractivity contribution in [2.75, 3.05) is 31.3 Å². The number of ether oxygens (including phenoxy) is 1. The standard InChI is InChI=1S/C25H32N2O/c1-2-3-4-5-6-12-17-26-20-27(22-13-8-7-9-14-22)18-21-19-28-24-16-11-10-15-23(24)25(21)26/h7-11,13-16H,2-6,12,17-20H2,1H3. The Morgan fingerprint density at radius 1 is 0.857 bits per heavy atom. The fraction of sp³-hybridized carbons (Fsp3) is 0.440. The lowest BCUT2D eigenvalue weighted by atomic mass is 9.99. The van der Waals surface area contributed by atoms with Crippen molar-refractivity contribution < 1.29 is 4.74 Å². The summed E-state index contributed by atoms with van der Waals surface area (Å²) in [6, 6.07) is 19.3. The molecule has 0 atom stereocenters. The van der Waals surface area contributed by atoms with Crippen LogP contribution in [0, 0.1) is 0 Å². The number of para-hydroxylation sites is 2. The Morgan fingerprint density at radius 2 is 1.61 bits per heavy atom. The number of rotatable bonds is 8. The number of hydrogen-bond acceptors (Lipinski definition) is 3. The van der Waals surface area contributed by atoms with Crippen LogP contribution in [-0.2, 0) is 0 Å². The van der Waals surface area contributed by atoms with E-state index in [0.717, 1.165) is 25.5 Å². The zero-order valence-electron chi connectivity index (χ0n) is 17.1. The predicted molar refractivity (Wildman–Crippen MR) is 118 cm³/mol. The van der Waals surface area contributed by atoms with Crippen molar-refractivity contribution in [3.05, 3.63) is 65.7 Å². The predicted octanol–water partition coefficient (Wildman–Crippen LogP) is 5.93. The summed E-state index contributed by atoms with van der Waals surface area (Å²) in [5.41, 5.74) is 5.38. The maximum Gasteiger partial charge on any atom is 0.129 e. The molecule has 0 aliphatic carbocycles. The van der Waals surface area contributed by atoms with Crippen LogP contribution in [0.3, 0.4) is 0 Å². The molecule has 3 nitrogen and oxygen atoms in total. The minimum absolute atomic E-state index is 0.697. The van der Waals surface area contributed by atoms with E-state index in [1.54, 1.807) is 0 Å². The lowest BCUT2D eigenvalue weighted by Gasteiger charge is -2.43. The molecule has 0 radical (unpaired) electrons. The van der Waals surface area contributed by atoms with E-state index in [1.165, 1.54) is 61.0 Å². The highest BCUT2D eigenvalue weighted by molar-refractivity contribution is 5.76. The first-order chi connectivity index (χ1) is 13.9. The Balaban J connectivity index is 1.54. The molecule has 0 aromatic heterocycles. The quantitative estimate of drug-likeness (QED) is 0.531. The van der Waals surface area contributed by atoms with Crippen molar-refractivity contribution in [3.8, 4) is 5.75 Å². The molecule has 0 saturated carbocycles. The van der Waals surface area contributed by atoms with Gasteiger partial charge in [0, 0.05) is 29.9 Å². The summed E-state index contributed by atoms with van der Waals surface area (Å²) in [4.78, 5) is 5.07. The van der Waals surface area contributed by atoms with E-state index < -0.39 is 0 Å². The zero-order chi connectivity index (χ0) is 19.2. The fourth-order valence-electron chi connectivity index (χ4n) is 4.36. The SMILES string of the molecule is CCCCCCCCN1CN(c2ccccc2)CC2=C1c1ccccc1OC2. The van der Waals surface area contributed by atoms with Gasteiger partial charge < -0.3 is 14.5 Å². The van der Waals surface area contributed by atoms with Crippen LogP contribution in [0.15, 0.2) is 60.2 Å². The second-order valence-corrected chi connectivity index (χ2v) is 7.94. The first-order valence-electron chi connectivity index (χ1n) is 10.9. The molecule has 2 aliphatic rings.